The number of carbonyl (C=O) groups excluding carboxylic acids is 2. The number of carbonyl (C=O) groups is 2. The van der Waals surface area contributed by atoms with Gasteiger partial charge in [0.25, 0.3) is 5.91 Å². The molecule has 1 aromatic carbocycles. The molecular formula is C21H29FN2O5. The molecule has 3 rings (SSSR count). The summed E-state index contributed by atoms with van der Waals surface area (Å²) in [5, 5.41) is 15.5. The lowest BCUT2D eigenvalue weighted by atomic mass is 9.94. The van der Waals surface area contributed by atoms with E-state index in [-0.39, 0.29) is 42.3 Å². The van der Waals surface area contributed by atoms with Gasteiger partial charge in [0.15, 0.2) is 0 Å². The van der Waals surface area contributed by atoms with Gasteiger partial charge in [-0.1, -0.05) is 0 Å². The monoisotopic (exact) mass is 408 g/mol. The van der Waals surface area contributed by atoms with E-state index in [9.17, 15) is 19.1 Å². The molecule has 3 atom stereocenters. The van der Waals surface area contributed by atoms with Crippen molar-refractivity contribution in [1.82, 2.24) is 10.6 Å². The molecule has 2 heterocycles. The van der Waals surface area contributed by atoms with Crippen LogP contribution in [0.3, 0.4) is 0 Å². The first-order valence-corrected chi connectivity index (χ1v) is 10.2. The van der Waals surface area contributed by atoms with Crippen molar-refractivity contribution in [3.8, 4) is 0 Å². The second-order valence-electron chi connectivity index (χ2n) is 7.61. The Morgan fingerprint density at radius 1 is 1.10 bits per heavy atom. The van der Waals surface area contributed by atoms with Gasteiger partial charge in [0.2, 0.25) is 5.91 Å². The molecule has 29 heavy (non-hydrogen) atoms. The summed E-state index contributed by atoms with van der Waals surface area (Å²) in [6.07, 6.45) is 2.95. The summed E-state index contributed by atoms with van der Waals surface area (Å²) < 4.78 is 24.2. The van der Waals surface area contributed by atoms with Crippen LogP contribution in [0, 0.1) is 11.7 Å². The van der Waals surface area contributed by atoms with Crippen LogP contribution in [0.5, 0.6) is 0 Å². The molecule has 0 spiro atoms. The number of hydrogen-bond acceptors (Lipinski definition) is 5. The minimum atomic E-state index is -0.453. The van der Waals surface area contributed by atoms with Gasteiger partial charge in [0.05, 0.1) is 18.8 Å². The molecule has 1 aromatic rings. The number of rotatable bonds is 7. The smallest absolute Gasteiger partial charge is 0.251 e. The van der Waals surface area contributed by atoms with E-state index in [0.29, 0.717) is 31.7 Å². The number of benzene rings is 1. The molecule has 0 radical (unpaired) electrons. The first-order chi connectivity index (χ1) is 14.1. The predicted octanol–water partition coefficient (Wildman–Crippen LogP) is 1.40. The number of halogens is 1. The summed E-state index contributed by atoms with van der Waals surface area (Å²) in [6, 6.07) is 5.17. The fourth-order valence-corrected chi connectivity index (χ4v) is 3.82. The fraction of sp³-hybridized carbons (Fsp3) is 0.619. The molecule has 2 saturated heterocycles. The number of ether oxygens (including phenoxy) is 2. The van der Waals surface area contributed by atoms with Crippen LogP contribution < -0.4 is 10.6 Å². The molecule has 0 unspecified atom stereocenters. The van der Waals surface area contributed by atoms with E-state index < -0.39 is 6.10 Å². The van der Waals surface area contributed by atoms with Crippen molar-refractivity contribution in [3.05, 3.63) is 35.6 Å². The SMILES string of the molecule is O=C(NCC[C@H]1CC[C@@H](NC(=O)C2CCOCC2)[C@@H](CO)O1)c1ccc(F)cc1. The molecule has 160 valence electrons. The van der Waals surface area contributed by atoms with E-state index in [1.165, 1.54) is 24.3 Å². The molecule has 0 aromatic heterocycles. The number of amides is 2. The second kappa shape index (κ2) is 10.7. The molecule has 2 fully saturated rings. The highest BCUT2D eigenvalue weighted by Crippen LogP contribution is 2.23. The van der Waals surface area contributed by atoms with Crippen molar-refractivity contribution in [2.75, 3.05) is 26.4 Å². The van der Waals surface area contributed by atoms with E-state index in [2.05, 4.69) is 10.6 Å². The van der Waals surface area contributed by atoms with Gasteiger partial charge in [-0.3, -0.25) is 9.59 Å². The van der Waals surface area contributed by atoms with Gasteiger partial charge < -0.3 is 25.2 Å². The molecule has 0 aliphatic carbocycles. The standard InChI is InChI=1S/C21H29FN2O5/c22-16-3-1-14(2-4-16)20(26)23-10-7-17-5-6-18(19(13-25)29-17)24-21(27)15-8-11-28-12-9-15/h1-4,15,17-19,25H,5-13H2,(H,23,26)(H,24,27)/t17-,18-,19-/m1/s1. The molecule has 0 bridgehead atoms. The number of aliphatic hydroxyl groups excluding tert-OH is 1. The Bertz CT molecular complexity index is 678. The number of hydrogen-bond donors (Lipinski definition) is 3. The highest BCUT2D eigenvalue weighted by Gasteiger charge is 2.33. The van der Waals surface area contributed by atoms with E-state index in [1.807, 2.05) is 0 Å². The third kappa shape index (κ3) is 6.22. The molecule has 2 aliphatic rings. The first kappa shape index (κ1) is 21.7. The maximum Gasteiger partial charge on any atom is 0.251 e. The number of nitrogens with one attached hydrogen (secondary N) is 2. The zero-order valence-electron chi connectivity index (χ0n) is 16.4. The average Bonchev–Trinajstić information content (AvgIpc) is 2.75. The normalized spacial score (nSPS) is 25.4. The largest absolute Gasteiger partial charge is 0.394 e. The quantitative estimate of drug-likeness (QED) is 0.634. The van der Waals surface area contributed by atoms with Crippen LogP contribution in [0.2, 0.25) is 0 Å². The van der Waals surface area contributed by atoms with Crippen LogP contribution in [-0.4, -0.2) is 61.5 Å². The Morgan fingerprint density at radius 2 is 1.83 bits per heavy atom. The Balaban J connectivity index is 1.41. The van der Waals surface area contributed by atoms with Crippen molar-refractivity contribution >= 4 is 11.8 Å². The Morgan fingerprint density at radius 3 is 2.52 bits per heavy atom. The molecule has 7 nitrogen and oxygen atoms in total. The summed E-state index contributed by atoms with van der Waals surface area (Å²) in [4.78, 5) is 24.5. The number of aliphatic hydroxyl groups is 1. The zero-order valence-corrected chi connectivity index (χ0v) is 16.4. The minimum absolute atomic E-state index is 0.00496. The third-order valence-corrected chi connectivity index (χ3v) is 5.57. The second-order valence-corrected chi connectivity index (χ2v) is 7.61. The molecule has 0 saturated carbocycles. The summed E-state index contributed by atoms with van der Waals surface area (Å²) >= 11 is 0. The molecule has 8 heteroatoms. The van der Waals surface area contributed by atoms with Crippen LogP contribution in [0.4, 0.5) is 4.39 Å². The fourth-order valence-electron chi connectivity index (χ4n) is 3.82. The van der Waals surface area contributed by atoms with E-state index in [1.54, 1.807) is 0 Å². The van der Waals surface area contributed by atoms with Gasteiger partial charge in [-0.05, 0) is 56.4 Å². The van der Waals surface area contributed by atoms with Crippen LogP contribution in [0.15, 0.2) is 24.3 Å². The van der Waals surface area contributed by atoms with Gasteiger partial charge >= 0.3 is 0 Å². The van der Waals surface area contributed by atoms with Crippen molar-refractivity contribution in [2.24, 2.45) is 5.92 Å². The molecular weight excluding hydrogens is 379 g/mol. The van der Waals surface area contributed by atoms with Gasteiger partial charge in [0, 0.05) is 31.2 Å². The third-order valence-electron chi connectivity index (χ3n) is 5.57. The summed E-state index contributed by atoms with van der Waals surface area (Å²) in [5.41, 5.74) is 0.403. The van der Waals surface area contributed by atoms with E-state index >= 15 is 0 Å². The Labute approximate surface area is 170 Å². The van der Waals surface area contributed by atoms with Crippen molar-refractivity contribution < 1.29 is 28.6 Å². The zero-order chi connectivity index (χ0) is 20.6. The maximum absolute atomic E-state index is 12.9. The van der Waals surface area contributed by atoms with Gasteiger partial charge in [-0.2, -0.15) is 0 Å². The predicted molar refractivity (Wildman–Crippen MR) is 104 cm³/mol. The summed E-state index contributed by atoms with van der Waals surface area (Å²) in [6.45, 7) is 1.46. The van der Waals surface area contributed by atoms with Crippen LogP contribution in [-0.2, 0) is 14.3 Å². The summed E-state index contributed by atoms with van der Waals surface area (Å²) in [7, 11) is 0. The van der Waals surface area contributed by atoms with Gasteiger partial charge in [-0.25, -0.2) is 4.39 Å². The van der Waals surface area contributed by atoms with Crippen molar-refractivity contribution in [2.45, 2.75) is 50.4 Å². The van der Waals surface area contributed by atoms with Crippen molar-refractivity contribution in [3.63, 3.8) is 0 Å². The maximum atomic E-state index is 12.9. The van der Waals surface area contributed by atoms with Crippen molar-refractivity contribution in [1.29, 1.82) is 0 Å². The average molecular weight is 408 g/mol. The first-order valence-electron chi connectivity index (χ1n) is 10.2. The van der Waals surface area contributed by atoms with Gasteiger partial charge in [-0.15, -0.1) is 0 Å². The van der Waals surface area contributed by atoms with Crippen LogP contribution in [0.1, 0.15) is 42.5 Å². The highest BCUT2D eigenvalue weighted by atomic mass is 19.1. The Kier molecular flexibility index (Phi) is 7.97. The summed E-state index contributed by atoms with van der Waals surface area (Å²) in [5.74, 6) is -0.681. The van der Waals surface area contributed by atoms with Crippen LogP contribution in [0.25, 0.3) is 0 Å². The minimum Gasteiger partial charge on any atom is -0.394 e. The molecule has 2 aliphatic heterocycles. The molecule has 3 N–H and O–H groups in total. The lowest BCUT2D eigenvalue weighted by Crippen LogP contribution is -2.52. The van der Waals surface area contributed by atoms with Crippen LogP contribution >= 0.6 is 0 Å². The van der Waals surface area contributed by atoms with E-state index in [0.717, 1.165) is 25.7 Å². The highest BCUT2D eigenvalue weighted by molar-refractivity contribution is 5.94. The van der Waals surface area contributed by atoms with E-state index in [4.69, 9.17) is 9.47 Å². The topological polar surface area (TPSA) is 96.9 Å². The molecule has 2 amide bonds. The Hall–Kier alpha value is -2.03. The lowest BCUT2D eigenvalue weighted by Gasteiger charge is -2.37. The lowest BCUT2D eigenvalue weighted by molar-refractivity contribution is -0.134. The van der Waals surface area contributed by atoms with Gasteiger partial charge in [0.1, 0.15) is 11.9 Å².